The molecule has 2 aromatic carbocycles. The lowest BCUT2D eigenvalue weighted by Crippen LogP contribution is -2.09. The number of fused-ring (bicyclic) bond motifs is 1. The van der Waals surface area contributed by atoms with Crippen LogP contribution in [-0.2, 0) is 0 Å². The Morgan fingerprint density at radius 2 is 1.89 bits per heavy atom. The van der Waals surface area contributed by atoms with Crippen LogP contribution >= 0.6 is 11.6 Å². The summed E-state index contributed by atoms with van der Waals surface area (Å²) in [5.41, 5.74) is 9.06. The van der Waals surface area contributed by atoms with Gasteiger partial charge in [0.25, 0.3) is 0 Å². The van der Waals surface area contributed by atoms with Gasteiger partial charge in [0.05, 0.1) is 17.1 Å². The van der Waals surface area contributed by atoms with Crippen molar-refractivity contribution in [3.63, 3.8) is 0 Å². The van der Waals surface area contributed by atoms with E-state index < -0.39 is 0 Å². The molecule has 1 unspecified atom stereocenters. The van der Waals surface area contributed by atoms with Crippen LogP contribution < -0.4 is 5.73 Å². The summed E-state index contributed by atoms with van der Waals surface area (Å²) < 4.78 is 2.01. The number of aromatic nitrogens is 2. The largest absolute Gasteiger partial charge is 0.369 e. The Labute approximate surface area is 116 Å². The van der Waals surface area contributed by atoms with Crippen LogP contribution in [0.4, 0.5) is 5.95 Å². The van der Waals surface area contributed by atoms with E-state index in [1.165, 1.54) is 5.56 Å². The third-order valence-electron chi connectivity index (χ3n) is 3.35. The molecular weight excluding hydrogens is 258 g/mol. The van der Waals surface area contributed by atoms with Gasteiger partial charge in [0.2, 0.25) is 5.95 Å². The molecule has 0 saturated carbocycles. The number of hydrogen-bond acceptors (Lipinski definition) is 2. The zero-order valence-electron chi connectivity index (χ0n) is 10.5. The van der Waals surface area contributed by atoms with Gasteiger partial charge in [-0.3, -0.25) is 0 Å². The highest BCUT2D eigenvalue weighted by Gasteiger charge is 2.15. The topological polar surface area (TPSA) is 43.8 Å². The minimum Gasteiger partial charge on any atom is -0.369 e. The molecule has 0 aliphatic rings. The second-order valence-corrected chi connectivity index (χ2v) is 5.00. The van der Waals surface area contributed by atoms with E-state index in [4.69, 9.17) is 17.3 Å². The Bertz CT molecular complexity index is 719. The van der Waals surface area contributed by atoms with Crippen LogP contribution in [0.1, 0.15) is 18.5 Å². The first-order valence-corrected chi connectivity index (χ1v) is 6.52. The smallest absolute Gasteiger partial charge is 0.201 e. The Morgan fingerprint density at radius 3 is 2.63 bits per heavy atom. The fourth-order valence-corrected chi connectivity index (χ4v) is 2.54. The highest BCUT2D eigenvalue weighted by Crippen LogP contribution is 2.28. The van der Waals surface area contributed by atoms with Crippen molar-refractivity contribution >= 4 is 28.6 Å². The summed E-state index contributed by atoms with van der Waals surface area (Å²) in [6.45, 7) is 2.10. The molecule has 1 aromatic heterocycles. The molecule has 0 fully saturated rings. The van der Waals surface area contributed by atoms with E-state index >= 15 is 0 Å². The number of rotatable bonds is 2. The molecule has 4 heteroatoms. The first-order valence-electron chi connectivity index (χ1n) is 6.15. The highest BCUT2D eigenvalue weighted by molar-refractivity contribution is 6.31. The summed E-state index contributed by atoms with van der Waals surface area (Å²) >= 11 is 6.07. The van der Waals surface area contributed by atoms with Gasteiger partial charge in [-0.05, 0) is 30.7 Å². The molecule has 0 spiro atoms. The van der Waals surface area contributed by atoms with Crippen LogP contribution in [0.25, 0.3) is 11.0 Å². The summed E-state index contributed by atoms with van der Waals surface area (Å²) in [6, 6.07) is 16.0. The first kappa shape index (κ1) is 12.1. The molecule has 0 aliphatic heterocycles. The average Bonchev–Trinajstić information content (AvgIpc) is 2.74. The molecule has 3 rings (SSSR count). The number of nitrogens with two attached hydrogens (primary N) is 1. The van der Waals surface area contributed by atoms with Crippen LogP contribution in [0.5, 0.6) is 0 Å². The van der Waals surface area contributed by atoms with E-state index in [1.807, 2.05) is 41.0 Å². The number of nitrogens with zero attached hydrogens (tertiary/aromatic N) is 2. The van der Waals surface area contributed by atoms with Crippen molar-refractivity contribution in [1.29, 1.82) is 0 Å². The van der Waals surface area contributed by atoms with Gasteiger partial charge in [0.15, 0.2) is 0 Å². The van der Waals surface area contributed by atoms with Crippen LogP contribution in [-0.4, -0.2) is 9.55 Å². The maximum atomic E-state index is 6.07. The Balaban J connectivity index is 2.19. The maximum Gasteiger partial charge on any atom is 0.201 e. The van der Waals surface area contributed by atoms with E-state index in [0.29, 0.717) is 11.0 Å². The van der Waals surface area contributed by atoms with Crippen molar-refractivity contribution in [2.75, 3.05) is 5.73 Å². The molecule has 0 aliphatic carbocycles. The molecule has 0 amide bonds. The molecule has 3 nitrogen and oxygen atoms in total. The Hall–Kier alpha value is -2.00. The molecule has 3 aromatic rings. The van der Waals surface area contributed by atoms with Gasteiger partial charge in [0, 0.05) is 5.02 Å². The van der Waals surface area contributed by atoms with E-state index in [0.717, 1.165) is 11.0 Å². The fourth-order valence-electron chi connectivity index (χ4n) is 2.37. The number of anilines is 1. The van der Waals surface area contributed by atoms with Crippen LogP contribution in [0, 0.1) is 0 Å². The van der Waals surface area contributed by atoms with Crippen molar-refractivity contribution < 1.29 is 0 Å². The van der Waals surface area contributed by atoms with Gasteiger partial charge < -0.3 is 10.3 Å². The highest BCUT2D eigenvalue weighted by atomic mass is 35.5. The third-order valence-corrected chi connectivity index (χ3v) is 3.58. The standard InChI is InChI=1S/C15H14ClN3/c1-10(11-5-3-2-4-6-11)19-14-9-12(16)7-8-13(14)18-15(19)17/h2-10H,1H3,(H2,17,18). The molecule has 2 N–H and O–H groups in total. The lowest BCUT2D eigenvalue weighted by molar-refractivity contribution is 0.668. The monoisotopic (exact) mass is 271 g/mol. The second-order valence-electron chi connectivity index (χ2n) is 4.56. The van der Waals surface area contributed by atoms with Gasteiger partial charge in [-0.1, -0.05) is 41.9 Å². The maximum absolute atomic E-state index is 6.07. The van der Waals surface area contributed by atoms with Gasteiger partial charge in [-0.15, -0.1) is 0 Å². The Morgan fingerprint density at radius 1 is 1.16 bits per heavy atom. The number of benzene rings is 2. The zero-order chi connectivity index (χ0) is 13.4. The van der Waals surface area contributed by atoms with E-state index in [9.17, 15) is 0 Å². The van der Waals surface area contributed by atoms with Crippen molar-refractivity contribution in [3.05, 3.63) is 59.1 Å². The minimum atomic E-state index is 0.115. The number of imidazole rings is 1. The van der Waals surface area contributed by atoms with Crippen molar-refractivity contribution in [3.8, 4) is 0 Å². The lowest BCUT2D eigenvalue weighted by atomic mass is 10.1. The van der Waals surface area contributed by atoms with Gasteiger partial charge >= 0.3 is 0 Å². The quantitative estimate of drug-likeness (QED) is 0.769. The molecule has 0 radical (unpaired) electrons. The van der Waals surface area contributed by atoms with Crippen LogP contribution in [0.3, 0.4) is 0 Å². The van der Waals surface area contributed by atoms with E-state index in [-0.39, 0.29) is 6.04 Å². The van der Waals surface area contributed by atoms with Gasteiger partial charge in [-0.2, -0.15) is 0 Å². The molecule has 1 heterocycles. The van der Waals surface area contributed by atoms with Crippen molar-refractivity contribution in [1.82, 2.24) is 9.55 Å². The van der Waals surface area contributed by atoms with Crippen LogP contribution in [0.15, 0.2) is 48.5 Å². The molecule has 96 valence electrons. The number of hydrogen-bond donors (Lipinski definition) is 1. The second kappa shape index (κ2) is 4.59. The van der Waals surface area contributed by atoms with Crippen LogP contribution in [0.2, 0.25) is 5.02 Å². The summed E-state index contributed by atoms with van der Waals surface area (Å²) in [5, 5.41) is 0.689. The van der Waals surface area contributed by atoms with Gasteiger partial charge in [0.1, 0.15) is 0 Å². The van der Waals surface area contributed by atoms with E-state index in [2.05, 4.69) is 24.0 Å². The summed E-state index contributed by atoms with van der Waals surface area (Å²) in [7, 11) is 0. The molecule has 0 bridgehead atoms. The lowest BCUT2D eigenvalue weighted by Gasteiger charge is -2.16. The molecule has 19 heavy (non-hydrogen) atoms. The molecular formula is C15H14ClN3. The van der Waals surface area contributed by atoms with Gasteiger partial charge in [-0.25, -0.2) is 4.98 Å². The zero-order valence-corrected chi connectivity index (χ0v) is 11.3. The SMILES string of the molecule is CC(c1ccccc1)n1c(N)nc2ccc(Cl)cc21. The first-order chi connectivity index (χ1) is 9.16. The Kier molecular flexibility index (Phi) is 2.91. The number of nitrogen functional groups attached to an aromatic ring is 1. The van der Waals surface area contributed by atoms with Crippen molar-refractivity contribution in [2.24, 2.45) is 0 Å². The number of halogens is 1. The molecule has 1 atom stereocenters. The fraction of sp³-hybridized carbons (Fsp3) is 0.133. The summed E-state index contributed by atoms with van der Waals surface area (Å²) in [5.74, 6) is 0.508. The predicted octanol–water partition coefficient (Wildman–Crippen LogP) is 3.88. The summed E-state index contributed by atoms with van der Waals surface area (Å²) in [6.07, 6.45) is 0. The molecule has 0 saturated heterocycles. The van der Waals surface area contributed by atoms with Crippen molar-refractivity contribution in [2.45, 2.75) is 13.0 Å². The average molecular weight is 272 g/mol. The minimum absolute atomic E-state index is 0.115. The summed E-state index contributed by atoms with van der Waals surface area (Å²) in [4.78, 5) is 4.38. The van der Waals surface area contributed by atoms with E-state index in [1.54, 1.807) is 0 Å². The normalized spacial score (nSPS) is 12.7. The predicted molar refractivity (Wildman–Crippen MR) is 79.4 cm³/mol. The third kappa shape index (κ3) is 2.06.